The van der Waals surface area contributed by atoms with E-state index in [0.29, 0.717) is 29.7 Å². The van der Waals surface area contributed by atoms with Gasteiger partial charge in [0.1, 0.15) is 5.41 Å². The molecule has 2 aromatic rings. The number of carboxylic acid groups (broad SMARTS) is 1. The van der Waals surface area contributed by atoms with Crippen molar-refractivity contribution >= 4 is 17.8 Å². The van der Waals surface area contributed by atoms with E-state index in [-0.39, 0.29) is 12.5 Å². The number of aliphatic carboxylic acids is 1. The topological polar surface area (TPSA) is 86.7 Å². The SMILES string of the molecule is CCN(C)C(=O)c1cccc(C(=O)NCC(CC)(C(=O)O)c2ccccc2)c1. The van der Waals surface area contributed by atoms with Crippen LogP contribution in [0.4, 0.5) is 0 Å². The van der Waals surface area contributed by atoms with Gasteiger partial charge in [-0.05, 0) is 37.1 Å². The van der Waals surface area contributed by atoms with E-state index in [4.69, 9.17) is 0 Å². The van der Waals surface area contributed by atoms with Gasteiger partial charge in [-0.1, -0.05) is 43.3 Å². The molecule has 148 valence electrons. The van der Waals surface area contributed by atoms with E-state index < -0.39 is 17.3 Å². The molecule has 1 unspecified atom stereocenters. The number of carbonyl (C=O) groups excluding carboxylic acids is 2. The fraction of sp³-hybridized carbons (Fsp3) is 0.318. The summed E-state index contributed by atoms with van der Waals surface area (Å²) in [6.07, 6.45) is 0.326. The maximum Gasteiger partial charge on any atom is 0.315 e. The summed E-state index contributed by atoms with van der Waals surface area (Å²) < 4.78 is 0. The minimum absolute atomic E-state index is 0.0469. The minimum Gasteiger partial charge on any atom is -0.481 e. The van der Waals surface area contributed by atoms with Crippen molar-refractivity contribution < 1.29 is 19.5 Å². The first-order chi connectivity index (χ1) is 13.4. The van der Waals surface area contributed by atoms with Crippen LogP contribution in [0.25, 0.3) is 0 Å². The molecule has 1 atom stereocenters. The normalized spacial score (nSPS) is 12.7. The second kappa shape index (κ2) is 9.17. The van der Waals surface area contributed by atoms with Crippen LogP contribution >= 0.6 is 0 Å². The van der Waals surface area contributed by atoms with Crippen molar-refractivity contribution in [2.45, 2.75) is 25.7 Å². The average molecular weight is 382 g/mol. The highest BCUT2D eigenvalue weighted by molar-refractivity contribution is 5.99. The van der Waals surface area contributed by atoms with Gasteiger partial charge in [0.25, 0.3) is 11.8 Å². The lowest BCUT2D eigenvalue weighted by Crippen LogP contribution is -2.46. The third kappa shape index (κ3) is 4.39. The van der Waals surface area contributed by atoms with E-state index in [9.17, 15) is 19.5 Å². The summed E-state index contributed by atoms with van der Waals surface area (Å²) >= 11 is 0. The number of carboxylic acids is 1. The number of hydrogen-bond acceptors (Lipinski definition) is 3. The highest BCUT2D eigenvalue weighted by Gasteiger charge is 2.39. The fourth-order valence-electron chi connectivity index (χ4n) is 3.03. The molecule has 0 aliphatic rings. The van der Waals surface area contributed by atoms with Crippen molar-refractivity contribution in [1.29, 1.82) is 0 Å². The number of amides is 2. The molecule has 2 N–H and O–H groups in total. The van der Waals surface area contributed by atoms with Crippen LogP contribution in [0.15, 0.2) is 54.6 Å². The van der Waals surface area contributed by atoms with Gasteiger partial charge in [-0.3, -0.25) is 14.4 Å². The highest BCUT2D eigenvalue weighted by atomic mass is 16.4. The van der Waals surface area contributed by atoms with Crippen LogP contribution in [0.5, 0.6) is 0 Å². The summed E-state index contributed by atoms with van der Waals surface area (Å²) in [6.45, 7) is 4.17. The number of hydrogen-bond donors (Lipinski definition) is 2. The second-order valence-electron chi connectivity index (χ2n) is 6.69. The number of carbonyl (C=O) groups is 3. The molecule has 2 aromatic carbocycles. The smallest absolute Gasteiger partial charge is 0.315 e. The molecule has 0 saturated carbocycles. The lowest BCUT2D eigenvalue weighted by molar-refractivity contribution is -0.143. The molecule has 0 spiro atoms. The Morgan fingerprint density at radius 2 is 1.64 bits per heavy atom. The van der Waals surface area contributed by atoms with E-state index in [1.165, 1.54) is 6.07 Å². The Bertz CT molecular complexity index is 851. The second-order valence-corrected chi connectivity index (χ2v) is 6.69. The number of rotatable bonds is 8. The summed E-state index contributed by atoms with van der Waals surface area (Å²) in [5.41, 5.74) is 0.157. The van der Waals surface area contributed by atoms with Crippen molar-refractivity contribution in [3.05, 3.63) is 71.3 Å². The Morgan fingerprint density at radius 1 is 1.00 bits per heavy atom. The zero-order valence-electron chi connectivity index (χ0n) is 16.4. The molecular formula is C22H26N2O4. The van der Waals surface area contributed by atoms with Gasteiger partial charge in [0.15, 0.2) is 0 Å². The van der Waals surface area contributed by atoms with E-state index in [1.54, 1.807) is 61.3 Å². The summed E-state index contributed by atoms with van der Waals surface area (Å²) in [5.74, 6) is -1.58. The average Bonchev–Trinajstić information content (AvgIpc) is 2.73. The fourth-order valence-corrected chi connectivity index (χ4v) is 3.03. The summed E-state index contributed by atoms with van der Waals surface area (Å²) in [6, 6.07) is 15.3. The molecule has 0 aromatic heterocycles. The molecule has 0 radical (unpaired) electrons. The van der Waals surface area contributed by atoms with Crippen molar-refractivity contribution in [2.75, 3.05) is 20.1 Å². The molecule has 6 nitrogen and oxygen atoms in total. The molecule has 2 amide bonds. The zero-order chi connectivity index (χ0) is 20.7. The largest absolute Gasteiger partial charge is 0.481 e. The van der Waals surface area contributed by atoms with E-state index in [1.807, 2.05) is 13.0 Å². The lowest BCUT2D eigenvalue weighted by atomic mass is 9.78. The van der Waals surface area contributed by atoms with Crippen LogP contribution in [0.1, 0.15) is 46.5 Å². The first kappa shape index (κ1) is 21.2. The molecular weight excluding hydrogens is 356 g/mol. The van der Waals surface area contributed by atoms with Crippen molar-refractivity contribution in [2.24, 2.45) is 0 Å². The summed E-state index contributed by atoms with van der Waals surface area (Å²) in [7, 11) is 1.69. The predicted octanol–water partition coefficient (Wildman–Crippen LogP) is 2.94. The van der Waals surface area contributed by atoms with Crippen LogP contribution in [-0.2, 0) is 10.2 Å². The maximum absolute atomic E-state index is 12.6. The Labute approximate surface area is 165 Å². The molecule has 28 heavy (non-hydrogen) atoms. The molecule has 0 aliphatic heterocycles. The van der Waals surface area contributed by atoms with Crippen molar-refractivity contribution in [1.82, 2.24) is 10.2 Å². The number of benzene rings is 2. The molecule has 6 heteroatoms. The summed E-state index contributed by atoms with van der Waals surface area (Å²) in [5, 5.41) is 12.6. The van der Waals surface area contributed by atoms with Crippen LogP contribution in [0.3, 0.4) is 0 Å². The lowest BCUT2D eigenvalue weighted by Gasteiger charge is -2.29. The molecule has 2 rings (SSSR count). The third-order valence-electron chi connectivity index (χ3n) is 5.08. The third-order valence-corrected chi connectivity index (χ3v) is 5.08. The maximum atomic E-state index is 12.6. The van der Waals surface area contributed by atoms with Gasteiger partial charge in [-0.15, -0.1) is 0 Å². The molecule has 0 saturated heterocycles. The van der Waals surface area contributed by atoms with Gasteiger partial charge < -0.3 is 15.3 Å². The molecule has 0 fully saturated rings. The molecule has 0 heterocycles. The van der Waals surface area contributed by atoms with Gasteiger partial charge in [-0.25, -0.2) is 0 Å². The van der Waals surface area contributed by atoms with Crippen LogP contribution in [0.2, 0.25) is 0 Å². The predicted molar refractivity (Wildman–Crippen MR) is 107 cm³/mol. The van der Waals surface area contributed by atoms with Gasteiger partial charge in [0.2, 0.25) is 0 Å². The monoisotopic (exact) mass is 382 g/mol. The van der Waals surface area contributed by atoms with Gasteiger partial charge in [0, 0.05) is 31.3 Å². The van der Waals surface area contributed by atoms with Crippen LogP contribution in [-0.4, -0.2) is 47.9 Å². The number of nitrogens with one attached hydrogen (secondary N) is 1. The quantitative estimate of drug-likeness (QED) is 0.735. The van der Waals surface area contributed by atoms with Gasteiger partial charge >= 0.3 is 5.97 Å². The van der Waals surface area contributed by atoms with E-state index in [0.717, 1.165) is 0 Å². The minimum atomic E-state index is -1.22. The van der Waals surface area contributed by atoms with Crippen molar-refractivity contribution in [3.63, 3.8) is 0 Å². The van der Waals surface area contributed by atoms with Gasteiger partial charge in [0.05, 0.1) is 0 Å². The highest BCUT2D eigenvalue weighted by Crippen LogP contribution is 2.28. The van der Waals surface area contributed by atoms with Crippen molar-refractivity contribution in [3.8, 4) is 0 Å². The van der Waals surface area contributed by atoms with Crippen LogP contribution in [0, 0.1) is 0 Å². The Kier molecular flexibility index (Phi) is 6.93. The Balaban J connectivity index is 2.22. The first-order valence-electron chi connectivity index (χ1n) is 9.28. The van der Waals surface area contributed by atoms with Gasteiger partial charge in [-0.2, -0.15) is 0 Å². The first-order valence-corrected chi connectivity index (χ1v) is 9.28. The summed E-state index contributed by atoms with van der Waals surface area (Å²) in [4.78, 5) is 38.6. The van der Waals surface area contributed by atoms with E-state index in [2.05, 4.69) is 5.32 Å². The molecule has 0 bridgehead atoms. The Morgan fingerprint density at radius 3 is 2.21 bits per heavy atom. The molecule has 0 aliphatic carbocycles. The van der Waals surface area contributed by atoms with Crippen LogP contribution < -0.4 is 5.32 Å². The zero-order valence-corrected chi connectivity index (χ0v) is 16.4. The standard InChI is InChI=1S/C22H26N2O4/c1-4-22(21(27)28,18-12-7-6-8-13-18)15-23-19(25)16-10-9-11-17(14-16)20(26)24(3)5-2/h6-14H,4-5,15H2,1-3H3,(H,23,25)(H,27,28). The number of nitrogens with zero attached hydrogens (tertiary/aromatic N) is 1. The Hall–Kier alpha value is -3.15. The van der Waals surface area contributed by atoms with E-state index >= 15 is 0 Å².